The van der Waals surface area contributed by atoms with Crippen molar-refractivity contribution in [3.63, 3.8) is 0 Å². The van der Waals surface area contributed by atoms with E-state index in [0.717, 1.165) is 5.56 Å². The zero-order valence-corrected chi connectivity index (χ0v) is 18.3. The fourth-order valence-corrected chi connectivity index (χ4v) is 3.32. The Balaban J connectivity index is 1.84. The summed E-state index contributed by atoms with van der Waals surface area (Å²) in [5.74, 6) is 0.697. The maximum Gasteiger partial charge on any atom is 0.203 e. The molecule has 0 saturated carbocycles. The van der Waals surface area contributed by atoms with E-state index >= 15 is 0 Å². The molecule has 0 atom stereocenters. The number of benzene rings is 3. The van der Waals surface area contributed by atoms with Crippen LogP contribution in [0.5, 0.6) is 11.5 Å². The molecule has 0 fully saturated rings. The highest BCUT2D eigenvalue weighted by Crippen LogP contribution is 2.31. The van der Waals surface area contributed by atoms with E-state index in [2.05, 4.69) is 0 Å². The van der Waals surface area contributed by atoms with Crippen LogP contribution in [0.4, 0.5) is 0 Å². The third-order valence-electron chi connectivity index (χ3n) is 4.38. The van der Waals surface area contributed by atoms with Crippen molar-refractivity contribution >= 4 is 35.1 Å². The lowest BCUT2D eigenvalue weighted by Gasteiger charge is -2.13. The highest BCUT2D eigenvalue weighted by Gasteiger charge is 2.13. The molecule has 0 aliphatic heterocycles. The first-order chi connectivity index (χ1) is 15.0. The molecule has 3 aromatic rings. The van der Waals surface area contributed by atoms with Crippen LogP contribution in [-0.2, 0) is 6.61 Å². The highest BCUT2D eigenvalue weighted by molar-refractivity contribution is 6.35. The first-order valence-electron chi connectivity index (χ1n) is 9.57. The molecule has 3 rings (SSSR count). The minimum absolute atomic E-state index is 0.0373. The number of nitriles is 1. The van der Waals surface area contributed by atoms with Gasteiger partial charge in [-0.05, 0) is 42.8 Å². The van der Waals surface area contributed by atoms with E-state index in [4.69, 9.17) is 32.7 Å². The molecule has 0 aromatic heterocycles. The summed E-state index contributed by atoms with van der Waals surface area (Å²) < 4.78 is 11.6. The topological polar surface area (TPSA) is 59.3 Å². The summed E-state index contributed by atoms with van der Waals surface area (Å²) in [5, 5.41) is 10.6. The number of allylic oxidation sites excluding steroid dienone is 1. The average Bonchev–Trinajstić information content (AvgIpc) is 2.78. The van der Waals surface area contributed by atoms with Crippen LogP contribution in [0.2, 0.25) is 10.0 Å². The van der Waals surface area contributed by atoms with E-state index in [0.29, 0.717) is 39.3 Å². The Morgan fingerprint density at radius 3 is 2.45 bits per heavy atom. The molecule has 6 heteroatoms. The Morgan fingerprint density at radius 1 is 1.00 bits per heavy atom. The Bertz CT molecular complexity index is 1150. The van der Waals surface area contributed by atoms with Crippen LogP contribution in [0.25, 0.3) is 6.08 Å². The second-order valence-electron chi connectivity index (χ2n) is 6.53. The van der Waals surface area contributed by atoms with Gasteiger partial charge in [0.1, 0.15) is 18.2 Å². The summed E-state index contributed by atoms with van der Waals surface area (Å²) in [6, 6.07) is 21.1. The Kier molecular flexibility index (Phi) is 7.72. The van der Waals surface area contributed by atoms with Gasteiger partial charge in [0.25, 0.3) is 0 Å². The molecule has 0 amide bonds. The van der Waals surface area contributed by atoms with Crippen LogP contribution in [0.3, 0.4) is 0 Å². The van der Waals surface area contributed by atoms with Crippen molar-refractivity contribution in [1.29, 1.82) is 5.26 Å². The fraction of sp³-hybridized carbons (Fsp3) is 0.120. The summed E-state index contributed by atoms with van der Waals surface area (Å²) in [4.78, 5) is 12.6. The Morgan fingerprint density at radius 2 is 1.77 bits per heavy atom. The second-order valence-corrected chi connectivity index (χ2v) is 7.37. The summed E-state index contributed by atoms with van der Waals surface area (Å²) in [7, 11) is 0. The Labute approximate surface area is 191 Å². The zero-order valence-electron chi connectivity index (χ0n) is 16.8. The normalized spacial score (nSPS) is 11.0. The third kappa shape index (κ3) is 5.88. The number of Topliss-reactive ketones (excluding diaryl/α,β-unsaturated/α-hetero) is 1. The SMILES string of the molecule is CCOc1cc(/C=C(\C#N)C(=O)c2ccccc2)ccc1OCc1ccc(Cl)cc1Cl. The summed E-state index contributed by atoms with van der Waals surface area (Å²) >= 11 is 12.1. The van der Waals surface area contributed by atoms with Crippen LogP contribution in [0.15, 0.2) is 72.3 Å². The predicted molar refractivity (Wildman–Crippen MR) is 123 cm³/mol. The van der Waals surface area contributed by atoms with E-state index in [-0.39, 0.29) is 18.0 Å². The minimum atomic E-state index is -0.334. The van der Waals surface area contributed by atoms with Crippen molar-refractivity contribution in [2.45, 2.75) is 13.5 Å². The molecule has 0 spiro atoms. The number of ketones is 1. The summed E-state index contributed by atoms with van der Waals surface area (Å²) in [6.45, 7) is 2.53. The molecular weight excluding hydrogens is 433 g/mol. The lowest BCUT2D eigenvalue weighted by molar-refractivity contribution is 0.104. The van der Waals surface area contributed by atoms with Gasteiger partial charge in [-0.25, -0.2) is 0 Å². The van der Waals surface area contributed by atoms with Gasteiger partial charge in [-0.3, -0.25) is 4.79 Å². The number of nitrogens with zero attached hydrogens (tertiary/aromatic N) is 1. The molecule has 0 radical (unpaired) electrons. The molecule has 31 heavy (non-hydrogen) atoms. The Hall–Kier alpha value is -3.26. The molecular formula is C25H19Cl2NO3. The van der Waals surface area contributed by atoms with Gasteiger partial charge in [-0.1, -0.05) is 65.7 Å². The maximum atomic E-state index is 12.6. The van der Waals surface area contributed by atoms with Crippen LogP contribution in [0.1, 0.15) is 28.4 Å². The molecule has 0 unspecified atom stereocenters. The number of hydrogen-bond acceptors (Lipinski definition) is 4. The molecule has 0 aliphatic carbocycles. The molecule has 0 aliphatic rings. The smallest absolute Gasteiger partial charge is 0.203 e. The van der Waals surface area contributed by atoms with E-state index in [1.807, 2.05) is 19.1 Å². The molecule has 0 heterocycles. The number of carbonyl (C=O) groups is 1. The summed E-state index contributed by atoms with van der Waals surface area (Å²) in [6.07, 6.45) is 1.54. The second kappa shape index (κ2) is 10.7. The number of ether oxygens (including phenoxy) is 2. The lowest BCUT2D eigenvalue weighted by Crippen LogP contribution is -2.02. The quantitative estimate of drug-likeness (QED) is 0.215. The first kappa shape index (κ1) is 22.4. The van der Waals surface area contributed by atoms with Gasteiger partial charge in [-0.15, -0.1) is 0 Å². The standard InChI is InChI=1S/C25H19Cl2NO3/c1-2-30-24-13-17(12-20(15-28)25(29)18-6-4-3-5-7-18)8-11-23(24)31-16-19-9-10-21(26)14-22(19)27/h3-14H,2,16H2,1H3/b20-12+. The number of rotatable bonds is 8. The number of hydrogen-bond donors (Lipinski definition) is 0. The van der Waals surface area contributed by atoms with Crippen LogP contribution >= 0.6 is 23.2 Å². The van der Waals surface area contributed by atoms with Crippen molar-refractivity contribution in [2.75, 3.05) is 6.61 Å². The number of halogens is 2. The fourth-order valence-electron chi connectivity index (χ4n) is 2.86. The molecule has 0 saturated heterocycles. The van der Waals surface area contributed by atoms with Gasteiger partial charge in [0, 0.05) is 21.2 Å². The average molecular weight is 452 g/mol. The molecule has 0 N–H and O–H groups in total. The third-order valence-corrected chi connectivity index (χ3v) is 4.96. The monoisotopic (exact) mass is 451 g/mol. The van der Waals surface area contributed by atoms with Crippen molar-refractivity contribution in [1.82, 2.24) is 0 Å². The molecule has 4 nitrogen and oxygen atoms in total. The largest absolute Gasteiger partial charge is 0.490 e. The highest BCUT2D eigenvalue weighted by atomic mass is 35.5. The minimum Gasteiger partial charge on any atom is -0.490 e. The van der Waals surface area contributed by atoms with E-state index in [9.17, 15) is 10.1 Å². The van der Waals surface area contributed by atoms with E-state index in [1.165, 1.54) is 6.08 Å². The van der Waals surface area contributed by atoms with E-state index < -0.39 is 0 Å². The van der Waals surface area contributed by atoms with Gasteiger partial charge in [0.15, 0.2) is 11.5 Å². The molecule has 0 bridgehead atoms. The van der Waals surface area contributed by atoms with Gasteiger partial charge in [0.2, 0.25) is 5.78 Å². The van der Waals surface area contributed by atoms with Crippen molar-refractivity contribution in [3.05, 3.63) is 99.0 Å². The van der Waals surface area contributed by atoms with Gasteiger partial charge >= 0.3 is 0 Å². The van der Waals surface area contributed by atoms with Crippen molar-refractivity contribution in [2.24, 2.45) is 0 Å². The lowest BCUT2D eigenvalue weighted by atomic mass is 10.0. The van der Waals surface area contributed by atoms with Gasteiger partial charge in [0.05, 0.1) is 6.61 Å². The number of carbonyl (C=O) groups excluding carboxylic acids is 1. The maximum absolute atomic E-state index is 12.6. The summed E-state index contributed by atoms with van der Waals surface area (Å²) in [5.41, 5.74) is 1.94. The van der Waals surface area contributed by atoms with Crippen LogP contribution in [0, 0.1) is 11.3 Å². The molecule has 3 aromatic carbocycles. The van der Waals surface area contributed by atoms with Crippen molar-refractivity contribution in [3.8, 4) is 17.6 Å². The predicted octanol–water partition coefficient (Wildman–Crippen LogP) is 6.76. The van der Waals surface area contributed by atoms with Gasteiger partial charge < -0.3 is 9.47 Å². The zero-order chi connectivity index (χ0) is 22.2. The first-order valence-corrected chi connectivity index (χ1v) is 10.3. The van der Waals surface area contributed by atoms with E-state index in [1.54, 1.807) is 60.7 Å². The van der Waals surface area contributed by atoms with Crippen molar-refractivity contribution < 1.29 is 14.3 Å². The van der Waals surface area contributed by atoms with Crippen LogP contribution < -0.4 is 9.47 Å². The van der Waals surface area contributed by atoms with Crippen LogP contribution in [-0.4, -0.2) is 12.4 Å². The molecule has 156 valence electrons. The van der Waals surface area contributed by atoms with Gasteiger partial charge in [-0.2, -0.15) is 5.26 Å².